The monoisotopic (exact) mass is 296 g/mol. The van der Waals surface area contributed by atoms with Gasteiger partial charge in [0.1, 0.15) is 5.82 Å². The highest BCUT2D eigenvalue weighted by Gasteiger charge is 2.21. The lowest BCUT2D eigenvalue weighted by Crippen LogP contribution is -2.39. The number of carbonyl (C=O) groups excluding carboxylic acids is 1. The fraction of sp³-hybridized carbons (Fsp3) is 0.533. The Balaban J connectivity index is 1.73. The van der Waals surface area contributed by atoms with Gasteiger partial charge in [0.15, 0.2) is 0 Å². The minimum atomic E-state index is -0.300. The molecule has 1 aliphatic rings. The summed E-state index contributed by atoms with van der Waals surface area (Å²) in [6, 6.07) is 6.25. The summed E-state index contributed by atoms with van der Waals surface area (Å²) >= 11 is 1.91. The molecule has 2 rings (SSSR count). The Morgan fingerprint density at radius 2 is 2.10 bits per heavy atom. The maximum atomic E-state index is 12.8. The predicted octanol–water partition coefficient (Wildman–Crippen LogP) is 3.03. The molecule has 1 aromatic rings. The van der Waals surface area contributed by atoms with Gasteiger partial charge in [0.2, 0.25) is 5.91 Å². The van der Waals surface area contributed by atoms with E-state index in [9.17, 15) is 9.18 Å². The molecule has 0 bridgehead atoms. The van der Waals surface area contributed by atoms with Crippen molar-refractivity contribution in [2.45, 2.75) is 37.0 Å². The van der Waals surface area contributed by atoms with Crippen molar-refractivity contribution in [3.05, 3.63) is 30.1 Å². The van der Waals surface area contributed by atoms with Crippen LogP contribution in [0.2, 0.25) is 0 Å². The van der Waals surface area contributed by atoms with Crippen LogP contribution in [0.4, 0.5) is 10.1 Å². The fourth-order valence-corrected chi connectivity index (χ4v) is 3.35. The maximum absolute atomic E-state index is 12.8. The van der Waals surface area contributed by atoms with Crippen molar-refractivity contribution in [1.82, 2.24) is 5.32 Å². The summed E-state index contributed by atoms with van der Waals surface area (Å²) in [5.74, 6) is -0.380. The molecule has 2 atom stereocenters. The topological polar surface area (TPSA) is 41.1 Å². The number of benzene rings is 1. The summed E-state index contributed by atoms with van der Waals surface area (Å²) in [6.45, 7) is 0.309. The van der Waals surface area contributed by atoms with Gasteiger partial charge in [-0.2, -0.15) is 11.8 Å². The molecule has 0 heterocycles. The lowest BCUT2D eigenvalue weighted by molar-refractivity contribution is -0.115. The van der Waals surface area contributed by atoms with Crippen molar-refractivity contribution in [3.8, 4) is 0 Å². The van der Waals surface area contributed by atoms with Crippen LogP contribution in [0.15, 0.2) is 24.3 Å². The van der Waals surface area contributed by atoms with Gasteiger partial charge in [-0.15, -0.1) is 0 Å². The summed E-state index contributed by atoms with van der Waals surface area (Å²) in [5.41, 5.74) is 0.629. The molecule has 0 radical (unpaired) electrons. The molecule has 0 spiro atoms. The van der Waals surface area contributed by atoms with Crippen LogP contribution in [0.5, 0.6) is 0 Å². The number of amides is 1. The van der Waals surface area contributed by atoms with Crippen LogP contribution in [-0.4, -0.2) is 30.0 Å². The van der Waals surface area contributed by atoms with Crippen molar-refractivity contribution < 1.29 is 9.18 Å². The van der Waals surface area contributed by atoms with E-state index in [-0.39, 0.29) is 11.7 Å². The van der Waals surface area contributed by atoms with Crippen LogP contribution >= 0.6 is 11.8 Å². The Kier molecular flexibility index (Phi) is 5.86. The van der Waals surface area contributed by atoms with Gasteiger partial charge in [-0.25, -0.2) is 4.39 Å². The minimum absolute atomic E-state index is 0.0807. The number of rotatable bonds is 5. The quantitative estimate of drug-likeness (QED) is 0.877. The minimum Gasteiger partial charge on any atom is -0.325 e. The molecular formula is C15H21FN2OS. The Labute approximate surface area is 123 Å². The standard InChI is InChI=1S/C15H21FN2OS/c1-20-14-4-2-3-13(9-14)17-10-15(19)18-12-7-5-11(16)6-8-12/h5-8,13-14,17H,2-4,9-10H2,1H3,(H,18,19). The van der Waals surface area contributed by atoms with Gasteiger partial charge in [0.05, 0.1) is 6.54 Å². The third-order valence-electron chi connectivity index (χ3n) is 3.64. The van der Waals surface area contributed by atoms with E-state index in [4.69, 9.17) is 0 Å². The number of thioether (sulfide) groups is 1. The maximum Gasteiger partial charge on any atom is 0.238 e. The summed E-state index contributed by atoms with van der Waals surface area (Å²) < 4.78 is 12.8. The van der Waals surface area contributed by atoms with Gasteiger partial charge >= 0.3 is 0 Å². The molecule has 110 valence electrons. The van der Waals surface area contributed by atoms with Crippen molar-refractivity contribution in [2.24, 2.45) is 0 Å². The molecule has 0 aromatic heterocycles. The van der Waals surface area contributed by atoms with E-state index in [1.807, 2.05) is 11.8 Å². The summed E-state index contributed by atoms with van der Waals surface area (Å²) in [6.07, 6.45) is 6.92. The van der Waals surface area contributed by atoms with Gasteiger partial charge < -0.3 is 10.6 Å². The molecule has 2 N–H and O–H groups in total. The third-order valence-corrected chi connectivity index (χ3v) is 4.73. The third kappa shape index (κ3) is 4.80. The number of hydrogen-bond donors (Lipinski definition) is 2. The lowest BCUT2D eigenvalue weighted by Gasteiger charge is -2.28. The van der Waals surface area contributed by atoms with E-state index in [0.29, 0.717) is 23.5 Å². The van der Waals surface area contributed by atoms with E-state index in [0.717, 1.165) is 12.8 Å². The Bertz CT molecular complexity index is 438. The second kappa shape index (κ2) is 7.64. The zero-order valence-electron chi connectivity index (χ0n) is 11.7. The van der Waals surface area contributed by atoms with Crippen LogP contribution in [0, 0.1) is 5.82 Å². The van der Waals surface area contributed by atoms with Crippen LogP contribution in [0.1, 0.15) is 25.7 Å². The summed E-state index contributed by atoms with van der Waals surface area (Å²) in [5, 5.41) is 6.79. The van der Waals surface area contributed by atoms with E-state index < -0.39 is 0 Å². The van der Waals surface area contributed by atoms with Gasteiger partial charge in [0, 0.05) is 17.0 Å². The normalized spacial score (nSPS) is 22.5. The Morgan fingerprint density at radius 3 is 2.80 bits per heavy atom. The van der Waals surface area contributed by atoms with E-state index in [2.05, 4.69) is 16.9 Å². The number of hydrogen-bond acceptors (Lipinski definition) is 3. The molecule has 5 heteroatoms. The van der Waals surface area contributed by atoms with Crippen LogP contribution in [-0.2, 0) is 4.79 Å². The highest BCUT2D eigenvalue weighted by Crippen LogP contribution is 2.26. The average Bonchev–Trinajstić information content (AvgIpc) is 2.48. The largest absolute Gasteiger partial charge is 0.325 e. The summed E-state index contributed by atoms with van der Waals surface area (Å²) in [7, 11) is 0. The molecule has 1 fully saturated rings. The highest BCUT2D eigenvalue weighted by molar-refractivity contribution is 7.99. The second-order valence-electron chi connectivity index (χ2n) is 5.16. The number of anilines is 1. The number of carbonyl (C=O) groups is 1. The summed E-state index contributed by atoms with van der Waals surface area (Å²) in [4.78, 5) is 11.8. The van der Waals surface area contributed by atoms with Crippen molar-refractivity contribution in [3.63, 3.8) is 0 Å². The smallest absolute Gasteiger partial charge is 0.238 e. The van der Waals surface area contributed by atoms with E-state index in [1.165, 1.54) is 25.0 Å². The van der Waals surface area contributed by atoms with Crippen LogP contribution < -0.4 is 10.6 Å². The predicted molar refractivity (Wildman–Crippen MR) is 82.6 cm³/mol. The van der Waals surface area contributed by atoms with Crippen LogP contribution in [0.25, 0.3) is 0 Å². The first-order valence-corrected chi connectivity index (χ1v) is 8.28. The van der Waals surface area contributed by atoms with Gasteiger partial charge in [-0.3, -0.25) is 4.79 Å². The molecule has 0 saturated heterocycles. The van der Waals surface area contributed by atoms with Gasteiger partial charge in [-0.05, 0) is 49.8 Å². The number of halogens is 1. The molecular weight excluding hydrogens is 275 g/mol. The zero-order valence-corrected chi connectivity index (χ0v) is 12.5. The first-order valence-electron chi connectivity index (χ1n) is 6.99. The van der Waals surface area contributed by atoms with E-state index >= 15 is 0 Å². The highest BCUT2D eigenvalue weighted by atomic mass is 32.2. The van der Waals surface area contributed by atoms with Gasteiger partial charge in [0.25, 0.3) is 0 Å². The van der Waals surface area contributed by atoms with Gasteiger partial charge in [-0.1, -0.05) is 6.42 Å². The Morgan fingerprint density at radius 1 is 1.35 bits per heavy atom. The Hall–Kier alpha value is -1.07. The molecule has 1 amide bonds. The lowest BCUT2D eigenvalue weighted by atomic mass is 9.95. The zero-order chi connectivity index (χ0) is 14.4. The molecule has 0 aliphatic heterocycles. The molecule has 20 heavy (non-hydrogen) atoms. The van der Waals surface area contributed by atoms with Crippen LogP contribution in [0.3, 0.4) is 0 Å². The first kappa shape index (κ1) is 15.3. The fourth-order valence-electron chi connectivity index (χ4n) is 2.52. The molecule has 2 unspecified atom stereocenters. The second-order valence-corrected chi connectivity index (χ2v) is 6.30. The number of nitrogens with one attached hydrogen (secondary N) is 2. The molecule has 3 nitrogen and oxygen atoms in total. The van der Waals surface area contributed by atoms with Crippen molar-refractivity contribution in [1.29, 1.82) is 0 Å². The first-order chi connectivity index (χ1) is 9.67. The SMILES string of the molecule is CSC1CCCC(NCC(=O)Nc2ccc(F)cc2)C1. The molecule has 1 saturated carbocycles. The molecule has 1 aliphatic carbocycles. The van der Waals surface area contributed by atoms with Crippen molar-refractivity contribution in [2.75, 3.05) is 18.1 Å². The average molecular weight is 296 g/mol. The molecule has 1 aromatic carbocycles. The van der Waals surface area contributed by atoms with E-state index in [1.54, 1.807) is 12.1 Å². The van der Waals surface area contributed by atoms with Crippen molar-refractivity contribution >= 4 is 23.4 Å².